The lowest BCUT2D eigenvalue weighted by atomic mass is 10.0. The Morgan fingerprint density at radius 2 is 1.39 bits per heavy atom. The predicted octanol–water partition coefficient (Wildman–Crippen LogP) is 7.60. The fraction of sp³-hybridized carbons (Fsp3) is 0.0345. The van der Waals surface area contributed by atoms with Gasteiger partial charge in [-0.05, 0) is 53.6 Å². The van der Waals surface area contributed by atoms with Gasteiger partial charge in [0.25, 0.3) is 5.82 Å². The highest BCUT2D eigenvalue weighted by Crippen LogP contribution is 2.28. The molecule has 0 unspecified atom stereocenters. The summed E-state index contributed by atoms with van der Waals surface area (Å²) < 4.78 is 6.72. The zero-order chi connectivity index (χ0) is 26.6. The number of hydrogen-bond acceptors (Lipinski definition) is 5. The van der Waals surface area contributed by atoms with E-state index in [-0.39, 0.29) is 11.6 Å². The third-order valence-corrected chi connectivity index (χ3v) is 6.68. The first kappa shape index (κ1) is 25.7. The van der Waals surface area contributed by atoms with Crippen LogP contribution in [0.4, 0.5) is 0 Å². The highest BCUT2D eigenvalue weighted by molar-refractivity contribution is 6.42. The summed E-state index contributed by atoms with van der Waals surface area (Å²) in [6.07, 6.45) is 0. The number of Topliss-reactive ketones (excluding diaryl/α,β-unsaturated/α-hetero) is 1. The molecule has 0 atom stereocenters. The van der Waals surface area contributed by atoms with Crippen LogP contribution >= 0.6 is 34.8 Å². The molecule has 38 heavy (non-hydrogen) atoms. The molecule has 0 bridgehead atoms. The Balaban J connectivity index is 1.35. The number of rotatable bonds is 7. The van der Waals surface area contributed by atoms with Gasteiger partial charge in [0.1, 0.15) is 0 Å². The largest absolute Gasteiger partial charge is 0.451 e. The Morgan fingerprint density at radius 1 is 0.737 bits per heavy atom. The molecule has 9 heteroatoms. The maximum Gasteiger partial charge on any atom is 0.378 e. The van der Waals surface area contributed by atoms with Gasteiger partial charge in [0.15, 0.2) is 18.2 Å². The molecule has 0 saturated heterocycles. The van der Waals surface area contributed by atoms with Crippen LogP contribution in [0.3, 0.4) is 0 Å². The molecule has 4 aromatic carbocycles. The van der Waals surface area contributed by atoms with Crippen LogP contribution in [0.5, 0.6) is 0 Å². The maximum absolute atomic E-state index is 12.8. The monoisotopic (exact) mass is 561 g/mol. The highest BCUT2D eigenvalue weighted by Gasteiger charge is 2.21. The Kier molecular flexibility index (Phi) is 7.56. The number of hydrogen-bond donors (Lipinski definition) is 0. The van der Waals surface area contributed by atoms with E-state index in [0.29, 0.717) is 37.7 Å². The van der Waals surface area contributed by atoms with Gasteiger partial charge in [-0.1, -0.05) is 89.4 Å². The van der Waals surface area contributed by atoms with Crippen molar-refractivity contribution < 1.29 is 14.3 Å². The van der Waals surface area contributed by atoms with Crippen LogP contribution < -0.4 is 0 Å². The summed E-state index contributed by atoms with van der Waals surface area (Å²) in [5.41, 5.74) is 3.63. The van der Waals surface area contributed by atoms with Gasteiger partial charge in [-0.3, -0.25) is 4.79 Å². The second-order valence-electron chi connectivity index (χ2n) is 8.22. The first-order chi connectivity index (χ1) is 18.4. The number of benzene rings is 4. The SMILES string of the molecule is O=C(COC(=O)c1nc(-c2ccc(Cl)cc2)n(-c2ccc(Cl)c(Cl)c2)n1)c1ccc(-c2ccccc2)cc1. The smallest absolute Gasteiger partial charge is 0.378 e. The molecule has 0 aliphatic heterocycles. The molecule has 1 aromatic heterocycles. The molecule has 1 heterocycles. The summed E-state index contributed by atoms with van der Waals surface area (Å²) in [6.45, 7) is -0.457. The van der Waals surface area contributed by atoms with E-state index in [1.165, 1.54) is 4.68 Å². The minimum Gasteiger partial charge on any atom is -0.451 e. The Bertz CT molecular complexity index is 1620. The molecular weight excluding hydrogens is 545 g/mol. The van der Waals surface area contributed by atoms with Gasteiger partial charge >= 0.3 is 5.97 Å². The molecular formula is C29H18Cl3N3O3. The van der Waals surface area contributed by atoms with Gasteiger partial charge in [0, 0.05) is 16.1 Å². The van der Waals surface area contributed by atoms with Crippen molar-refractivity contribution in [2.45, 2.75) is 0 Å². The molecule has 0 radical (unpaired) electrons. The molecule has 0 fully saturated rings. The number of carbonyl (C=O) groups excluding carboxylic acids is 2. The average Bonchev–Trinajstić information content (AvgIpc) is 3.40. The minimum absolute atomic E-state index is 0.215. The molecule has 5 aromatic rings. The normalized spacial score (nSPS) is 10.8. The zero-order valence-corrected chi connectivity index (χ0v) is 21.9. The van der Waals surface area contributed by atoms with Crippen molar-refractivity contribution in [3.8, 4) is 28.2 Å². The molecule has 0 amide bonds. The summed E-state index contributed by atoms with van der Waals surface area (Å²) in [4.78, 5) is 29.9. The fourth-order valence-electron chi connectivity index (χ4n) is 3.74. The Labute approximate surface area is 233 Å². The summed E-state index contributed by atoms with van der Waals surface area (Å²) in [5.74, 6) is -1.05. The van der Waals surface area contributed by atoms with Gasteiger partial charge in [0.2, 0.25) is 0 Å². The number of aromatic nitrogens is 3. The summed E-state index contributed by atoms with van der Waals surface area (Å²) in [5, 5.41) is 5.56. The van der Waals surface area contributed by atoms with Gasteiger partial charge in [0.05, 0.1) is 15.7 Å². The highest BCUT2D eigenvalue weighted by atomic mass is 35.5. The van der Waals surface area contributed by atoms with Gasteiger partial charge < -0.3 is 4.74 Å². The Hall–Kier alpha value is -3.97. The van der Waals surface area contributed by atoms with E-state index in [1.807, 2.05) is 42.5 Å². The topological polar surface area (TPSA) is 74.1 Å². The van der Waals surface area contributed by atoms with E-state index in [2.05, 4.69) is 10.1 Å². The van der Waals surface area contributed by atoms with E-state index in [4.69, 9.17) is 39.5 Å². The van der Waals surface area contributed by atoms with Crippen molar-refractivity contribution in [2.24, 2.45) is 0 Å². The quantitative estimate of drug-likeness (QED) is 0.151. The first-order valence-electron chi connectivity index (χ1n) is 11.4. The molecule has 0 aliphatic carbocycles. The first-order valence-corrected chi connectivity index (χ1v) is 12.6. The third-order valence-electron chi connectivity index (χ3n) is 5.69. The number of halogens is 3. The molecule has 6 nitrogen and oxygen atoms in total. The number of carbonyl (C=O) groups is 2. The summed E-state index contributed by atoms with van der Waals surface area (Å²) in [7, 11) is 0. The Morgan fingerprint density at radius 3 is 2.08 bits per heavy atom. The van der Waals surface area contributed by atoms with Crippen molar-refractivity contribution in [1.29, 1.82) is 0 Å². The summed E-state index contributed by atoms with van der Waals surface area (Å²) >= 11 is 18.3. The van der Waals surface area contributed by atoms with Gasteiger partial charge in [-0.25, -0.2) is 14.5 Å². The summed E-state index contributed by atoms with van der Waals surface area (Å²) in [6, 6.07) is 28.7. The number of ether oxygens (including phenoxy) is 1. The van der Waals surface area contributed by atoms with Crippen molar-refractivity contribution in [3.05, 3.63) is 124 Å². The molecule has 0 aliphatic rings. The van der Waals surface area contributed by atoms with Crippen LogP contribution in [-0.4, -0.2) is 33.1 Å². The lowest BCUT2D eigenvalue weighted by molar-refractivity contribution is 0.0462. The van der Waals surface area contributed by atoms with Gasteiger partial charge in [-0.15, -0.1) is 5.10 Å². The third kappa shape index (κ3) is 5.63. The van der Waals surface area contributed by atoms with Gasteiger partial charge in [-0.2, -0.15) is 0 Å². The van der Waals surface area contributed by atoms with E-state index in [0.717, 1.165) is 11.1 Å². The standard InChI is InChI=1S/C29H18Cl3N3O3/c30-22-12-10-21(11-13-22)28-33-27(34-35(28)23-14-15-24(31)25(32)16-23)29(37)38-17-26(36)20-8-6-19(7-9-20)18-4-2-1-3-5-18/h1-16H,17H2. The second-order valence-corrected chi connectivity index (χ2v) is 9.47. The van der Waals surface area contributed by atoms with E-state index in [9.17, 15) is 9.59 Å². The van der Waals surface area contributed by atoms with Crippen molar-refractivity contribution in [1.82, 2.24) is 14.8 Å². The molecule has 0 saturated carbocycles. The minimum atomic E-state index is -0.840. The van der Waals surface area contributed by atoms with E-state index < -0.39 is 12.6 Å². The molecule has 188 valence electrons. The van der Waals surface area contributed by atoms with Crippen LogP contribution in [0.15, 0.2) is 97.1 Å². The van der Waals surface area contributed by atoms with Crippen LogP contribution in [0, 0.1) is 0 Å². The molecule has 0 N–H and O–H groups in total. The number of esters is 1. The molecule has 5 rings (SSSR count). The van der Waals surface area contributed by atoms with Crippen molar-refractivity contribution in [2.75, 3.05) is 6.61 Å². The molecule has 0 spiro atoms. The second kappa shape index (κ2) is 11.2. The average molecular weight is 563 g/mol. The lowest BCUT2D eigenvalue weighted by Gasteiger charge is -2.07. The van der Waals surface area contributed by atoms with Crippen molar-refractivity contribution in [3.63, 3.8) is 0 Å². The number of nitrogens with zero attached hydrogens (tertiary/aromatic N) is 3. The van der Waals surface area contributed by atoms with E-state index in [1.54, 1.807) is 54.6 Å². The van der Waals surface area contributed by atoms with Crippen LogP contribution in [-0.2, 0) is 4.74 Å². The van der Waals surface area contributed by atoms with Crippen molar-refractivity contribution >= 4 is 46.6 Å². The predicted molar refractivity (Wildman–Crippen MR) is 148 cm³/mol. The lowest BCUT2D eigenvalue weighted by Crippen LogP contribution is -2.15. The maximum atomic E-state index is 12.8. The zero-order valence-electron chi connectivity index (χ0n) is 19.6. The number of ketones is 1. The van der Waals surface area contributed by atoms with Crippen LogP contribution in [0.2, 0.25) is 15.1 Å². The van der Waals surface area contributed by atoms with Crippen LogP contribution in [0.1, 0.15) is 21.0 Å². The van der Waals surface area contributed by atoms with Crippen LogP contribution in [0.25, 0.3) is 28.2 Å². The van der Waals surface area contributed by atoms with E-state index >= 15 is 0 Å². The fourth-order valence-corrected chi connectivity index (χ4v) is 4.16.